The Morgan fingerprint density at radius 2 is 2.05 bits per heavy atom. The van der Waals surface area contributed by atoms with E-state index in [0.29, 0.717) is 13.1 Å². The first-order chi connectivity index (χ1) is 10.1. The highest BCUT2D eigenvalue weighted by molar-refractivity contribution is 5.94. The molecule has 0 unspecified atom stereocenters. The fourth-order valence-electron chi connectivity index (χ4n) is 1.79. The Hall–Kier alpha value is -2.51. The molecule has 0 saturated heterocycles. The summed E-state index contributed by atoms with van der Waals surface area (Å²) in [7, 11) is 0. The number of carbonyl (C=O) groups excluding carboxylic acids is 1. The van der Waals surface area contributed by atoms with Crippen molar-refractivity contribution in [2.45, 2.75) is 13.5 Å². The van der Waals surface area contributed by atoms with Gasteiger partial charge in [-0.05, 0) is 19.1 Å². The van der Waals surface area contributed by atoms with Crippen LogP contribution in [0.1, 0.15) is 17.3 Å². The van der Waals surface area contributed by atoms with Gasteiger partial charge in [-0.25, -0.2) is 8.78 Å². The second kappa shape index (κ2) is 6.78. The minimum atomic E-state index is -0.793. The van der Waals surface area contributed by atoms with Crippen molar-refractivity contribution in [3.63, 3.8) is 0 Å². The molecule has 2 N–H and O–H groups in total. The van der Waals surface area contributed by atoms with Crippen molar-refractivity contribution < 1.29 is 13.6 Å². The maximum atomic E-state index is 13.7. The van der Waals surface area contributed by atoms with Gasteiger partial charge in [-0.3, -0.25) is 9.48 Å². The molecule has 0 spiro atoms. The lowest BCUT2D eigenvalue weighted by molar-refractivity contribution is 0.0951. The van der Waals surface area contributed by atoms with Crippen LogP contribution in [-0.2, 0) is 6.54 Å². The second-order valence-electron chi connectivity index (χ2n) is 4.27. The quantitative estimate of drug-likeness (QED) is 0.845. The number of amides is 1. The third-order valence-corrected chi connectivity index (χ3v) is 2.76. The Morgan fingerprint density at radius 1 is 1.33 bits per heavy atom. The van der Waals surface area contributed by atoms with E-state index < -0.39 is 17.5 Å². The number of carbonyl (C=O) groups is 1. The van der Waals surface area contributed by atoms with Gasteiger partial charge in [0.15, 0.2) is 0 Å². The van der Waals surface area contributed by atoms with Gasteiger partial charge in [0.1, 0.15) is 17.3 Å². The zero-order chi connectivity index (χ0) is 15.2. The van der Waals surface area contributed by atoms with Crippen LogP contribution in [0.4, 0.5) is 14.5 Å². The number of anilines is 1. The van der Waals surface area contributed by atoms with Gasteiger partial charge in [-0.15, -0.1) is 5.10 Å². The lowest BCUT2D eigenvalue weighted by Gasteiger charge is -2.09. The van der Waals surface area contributed by atoms with E-state index in [-0.39, 0.29) is 17.8 Å². The molecule has 0 aliphatic rings. The largest absolute Gasteiger partial charge is 0.381 e. The van der Waals surface area contributed by atoms with Crippen LogP contribution < -0.4 is 10.6 Å². The third-order valence-electron chi connectivity index (χ3n) is 2.76. The van der Waals surface area contributed by atoms with Gasteiger partial charge >= 0.3 is 0 Å². The highest BCUT2D eigenvalue weighted by Gasteiger charge is 2.14. The summed E-state index contributed by atoms with van der Waals surface area (Å²) < 4.78 is 28.9. The van der Waals surface area contributed by atoms with E-state index >= 15 is 0 Å². The second-order valence-corrected chi connectivity index (χ2v) is 4.27. The molecule has 1 heterocycles. The summed E-state index contributed by atoms with van der Waals surface area (Å²) in [4.78, 5) is 11.8. The predicted molar refractivity (Wildman–Crippen MR) is 72.9 cm³/mol. The van der Waals surface area contributed by atoms with E-state index in [1.54, 1.807) is 13.1 Å². The van der Waals surface area contributed by atoms with Crippen LogP contribution in [0.2, 0.25) is 0 Å². The van der Waals surface area contributed by atoms with Crippen LogP contribution in [-0.4, -0.2) is 34.0 Å². The third kappa shape index (κ3) is 3.74. The smallest absolute Gasteiger partial charge is 0.251 e. The number of nitrogens with zero attached hydrogens (tertiary/aromatic N) is 3. The lowest BCUT2D eigenvalue weighted by atomic mass is 10.1. The Labute approximate surface area is 120 Å². The molecule has 0 radical (unpaired) electrons. The highest BCUT2D eigenvalue weighted by atomic mass is 19.1. The summed E-state index contributed by atoms with van der Waals surface area (Å²) in [5.74, 6) is -2.13. The Bertz CT molecular complexity index is 592. The first-order valence-electron chi connectivity index (χ1n) is 6.47. The van der Waals surface area contributed by atoms with Gasteiger partial charge < -0.3 is 10.6 Å². The SMILES string of the molecule is CCNc1c(F)cc(C(=O)NCCn2ccnn2)cc1F. The van der Waals surface area contributed by atoms with E-state index in [1.165, 1.54) is 10.9 Å². The summed E-state index contributed by atoms with van der Waals surface area (Å²) >= 11 is 0. The summed E-state index contributed by atoms with van der Waals surface area (Å²) in [5.41, 5.74) is -0.290. The first kappa shape index (κ1) is 14.9. The van der Waals surface area contributed by atoms with Crippen LogP contribution in [0, 0.1) is 11.6 Å². The Balaban J connectivity index is 1.99. The number of hydrogen-bond acceptors (Lipinski definition) is 4. The molecule has 1 amide bonds. The fraction of sp³-hybridized carbons (Fsp3) is 0.308. The molecule has 2 aromatic rings. The van der Waals surface area contributed by atoms with E-state index in [2.05, 4.69) is 20.9 Å². The number of benzene rings is 1. The van der Waals surface area contributed by atoms with E-state index in [9.17, 15) is 13.6 Å². The van der Waals surface area contributed by atoms with Gasteiger partial charge in [0.2, 0.25) is 0 Å². The molecule has 0 atom stereocenters. The molecular weight excluding hydrogens is 280 g/mol. The van der Waals surface area contributed by atoms with Crippen molar-refractivity contribution in [2.75, 3.05) is 18.4 Å². The van der Waals surface area contributed by atoms with Gasteiger partial charge in [0.05, 0.1) is 12.7 Å². The summed E-state index contributed by atoms with van der Waals surface area (Å²) in [6.07, 6.45) is 3.17. The van der Waals surface area contributed by atoms with Crippen LogP contribution >= 0.6 is 0 Å². The summed E-state index contributed by atoms with van der Waals surface area (Å²) in [6.45, 7) is 2.81. The van der Waals surface area contributed by atoms with Crippen molar-refractivity contribution in [3.05, 3.63) is 41.7 Å². The van der Waals surface area contributed by atoms with E-state index in [0.717, 1.165) is 12.1 Å². The van der Waals surface area contributed by atoms with Crippen molar-refractivity contribution in [3.8, 4) is 0 Å². The van der Waals surface area contributed by atoms with Crippen molar-refractivity contribution in [2.24, 2.45) is 0 Å². The number of halogens is 2. The number of hydrogen-bond donors (Lipinski definition) is 2. The van der Waals surface area contributed by atoms with Crippen LogP contribution in [0.15, 0.2) is 24.5 Å². The standard InChI is InChI=1S/C13H15F2N5O/c1-2-16-12-10(14)7-9(8-11(12)15)13(21)17-3-5-20-6-4-18-19-20/h4,6-8,16H,2-3,5H2,1H3,(H,17,21). The van der Waals surface area contributed by atoms with Crippen LogP contribution in [0.5, 0.6) is 0 Å². The zero-order valence-corrected chi connectivity index (χ0v) is 11.4. The maximum absolute atomic E-state index is 13.7. The lowest BCUT2D eigenvalue weighted by Crippen LogP contribution is -2.27. The average molecular weight is 295 g/mol. The molecule has 1 aromatic carbocycles. The topological polar surface area (TPSA) is 71.8 Å². The van der Waals surface area contributed by atoms with Crippen LogP contribution in [0.25, 0.3) is 0 Å². The first-order valence-corrected chi connectivity index (χ1v) is 6.47. The Kier molecular flexibility index (Phi) is 4.81. The Morgan fingerprint density at radius 3 is 2.62 bits per heavy atom. The molecule has 112 valence electrons. The molecule has 1 aromatic heterocycles. The molecule has 0 aliphatic heterocycles. The van der Waals surface area contributed by atoms with Crippen molar-refractivity contribution in [1.82, 2.24) is 20.3 Å². The van der Waals surface area contributed by atoms with E-state index in [4.69, 9.17) is 0 Å². The van der Waals surface area contributed by atoms with Gasteiger partial charge in [-0.2, -0.15) is 0 Å². The number of nitrogens with one attached hydrogen (secondary N) is 2. The molecule has 8 heteroatoms. The monoisotopic (exact) mass is 295 g/mol. The van der Waals surface area contributed by atoms with Gasteiger partial charge in [0, 0.05) is 24.8 Å². The zero-order valence-electron chi connectivity index (χ0n) is 11.4. The van der Waals surface area contributed by atoms with Gasteiger partial charge in [-0.1, -0.05) is 5.21 Å². The highest BCUT2D eigenvalue weighted by Crippen LogP contribution is 2.20. The molecule has 21 heavy (non-hydrogen) atoms. The summed E-state index contributed by atoms with van der Waals surface area (Å²) in [5, 5.41) is 12.5. The minimum Gasteiger partial charge on any atom is -0.381 e. The molecule has 0 fully saturated rings. The fourth-order valence-corrected chi connectivity index (χ4v) is 1.79. The average Bonchev–Trinajstić information content (AvgIpc) is 2.95. The number of aromatic nitrogens is 3. The van der Waals surface area contributed by atoms with Crippen LogP contribution in [0.3, 0.4) is 0 Å². The molecule has 0 saturated carbocycles. The predicted octanol–water partition coefficient (Wildman–Crippen LogP) is 1.42. The summed E-state index contributed by atoms with van der Waals surface area (Å²) in [6, 6.07) is 2.01. The normalized spacial score (nSPS) is 10.4. The molecule has 6 nitrogen and oxygen atoms in total. The maximum Gasteiger partial charge on any atom is 0.251 e. The molecule has 0 aliphatic carbocycles. The van der Waals surface area contributed by atoms with Crippen molar-refractivity contribution in [1.29, 1.82) is 0 Å². The minimum absolute atomic E-state index is 0.0646. The molecule has 0 bridgehead atoms. The number of rotatable bonds is 6. The van der Waals surface area contributed by atoms with Gasteiger partial charge in [0.25, 0.3) is 5.91 Å². The van der Waals surface area contributed by atoms with Crippen molar-refractivity contribution >= 4 is 11.6 Å². The molecule has 2 rings (SSSR count). The molecular formula is C13H15F2N5O. The van der Waals surface area contributed by atoms with E-state index in [1.807, 2.05) is 0 Å².